The summed E-state index contributed by atoms with van der Waals surface area (Å²) in [5.41, 5.74) is 2.48. The Kier molecular flexibility index (Phi) is 1.15. The molecule has 2 rings (SSSR count). The van der Waals surface area contributed by atoms with E-state index in [0.29, 0.717) is 5.65 Å². The fourth-order valence-corrected chi connectivity index (χ4v) is 1.06. The quantitative estimate of drug-likeness (QED) is 0.598. The van der Waals surface area contributed by atoms with Crippen LogP contribution in [0.25, 0.3) is 11.2 Å². The Hall–Kier alpha value is -1.45. The number of H-pyrrole nitrogens is 1. The molecule has 4 nitrogen and oxygen atoms in total. The molecule has 0 fully saturated rings. The topological polar surface area (TPSA) is 54.5 Å². The molecule has 2 aromatic heterocycles. The summed E-state index contributed by atoms with van der Waals surface area (Å²) >= 11 is 0. The fourth-order valence-electron chi connectivity index (χ4n) is 1.06. The molecule has 0 aliphatic heterocycles. The van der Waals surface area contributed by atoms with Crippen molar-refractivity contribution < 1.29 is 0 Å². The molecule has 0 aliphatic rings. The molecule has 0 atom stereocenters. The number of hydrogen-bond donors (Lipinski definition) is 1. The minimum Gasteiger partial charge on any atom is -0.332 e. The lowest BCUT2D eigenvalue weighted by molar-refractivity contribution is 1.04. The first-order valence-corrected chi connectivity index (χ1v) is 3.34. The van der Waals surface area contributed by atoms with E-state index in [1.807, 2.05) is 13.8 Å². The summed E-state index contributed by atoms with van der Waals surface area (Å²) < 4.78 is 0. The van der Waals surface area contributed by atoms with Crippen molar-refractivity contribution in [3.8, 4) is 0 Å². The predicted molar refractivity (Wildman–Crippen MR) is 40.0 cm³/mol. The van der Waals surface area contributed by atoms with Gasteiger partial charge in [-0.3, -0.25) is 0 Å². The maximum absolute atomic E-state index is 4.17. The second kappa shape index (κ2) is 2.02. The maximum atomic E-state index is 4.17. The van der Waals surface area contributed by atoms with E-state index in [1.54, 1.807) is 0 Å². The zero-order valence-corrected chi connectivity index (χ0v) is 6.34. The van der Waals surface area contributed by atoms with Crippen LogP contribution in [0.1, 0.15) is 11.5 Å². The highest BCUT2D eigenvalue weighted by Crippen LogP contribution is 2.08. The van der Waals surface area contributed by atoms with Crippen LogP contribution in [0.5, 0.6) is 0 Å². The van der Waals surface area contributed by atoms with Crippen LogP contribution < -0.4 is 0 Å². The Bertz CT molecular complexity index is 390. The zero-order valence-electron chi connectivity index (χ0n) is 6.34. The van der Waals surface area contributed by atoms with Crippen molar-refractivity contribution in [1.82, 2.24) is 19.9 Å². The van der Waals surface area contributed by atoms with E-state index in [0.717, 1.165) is 17.0 Å². The maximum Gasteiger partial charge on any atom is 0.181 e. The number of rotatable bonds is 0. The average molecular weight is 147 g/mol. The van der Waals surface area contributed by atoms with Gasteiger partial charge in [0.2, 0.25) is 0 Å². The molecule has 0 aromatic carbocycles. The zero-order chi connectivity index (χ0) is 7.84. The molecule has 2 heterocycles. The number of nitrogens with zero attached hydrogens (tertiary/aromatic N) is 3. The van der Waals surface area contributed by atoms with Gasteiger partial charge in [-0.25, -0.2) is 15.0 Å². The van der Waals surface area contributed by atoms with Crippen LogP contribution >= 0.6 is 0 Å². The van der Waals surface area contributed by atoms with Crippen molar-refractivity contribution in [2.45, 2.75) is 13.8 Å². The van der Waals surface area contributed by atoms with Crippen LogP contribution in [-0.4, -0.2) is 19.9 Å². The molecule has 0 saturated heterocycles. The number of fused-ring (bicyclic) bond motifs is 1. The van der Waals surface area contributed by atoms with Crippen LogP contribution in [0.2, 0.25) is 0 Å². The van der Waals surface area contributed by atoms with Gasteiger partial charge in [-0.1, -0.05) is 0 Å². The fraction of sp³-hybridized carbons (Fsp3) is 0.286. The summed E-state index contributed by atoms with van der Waals surface area (Å²) in [6, 6.07) is 0. The van der Waals surface area contributed by atoms with Gasteiger partial charge in [0.15, 0.2) is 12.0 Å². The third-order valence-corrected chi connectivity index (χ3v) is 1.53. The lowest BCUT2D eigenvalue weighted by Crippen LogP contribution is -1.91. The van der Waals surface area contributed by atoms with E-state index in [-0.39, 0.29) is 0 Å². The normalized spacial score (nSPS) is 10.7. The lowest BCUT2D eigenvalue weighted by Gasteiger charge is -1.94. The Labute approximate surface area is 63.7 Å². The van der Waals surface area contributed by atoms with Gasteiger partial charge in [-0.15, -0.1) is 0 Å². The highest BCUT2D eigenvalue weighted by atomic mass is 15.0. The van der Waals surface area contributed by atoms with Gasteiger partial charge < -0.3 is 4.98 Å². The molecular weight excluding hydrogens is 140 g/mol. The molecule has 55 valence electrons. The van der Waals surface area contributed by atoms with Crippen LogP contribution in [0.15, 0.2) is 0 Å². The van der Waals surface area contributed by atoms with Gasteiger partial charge in [0, 0.05) is 0 Å². The smallest absolute Gasteiger partial charge is 0.181 e. The van der Waals surface area contributed by atoms with Crippen LogP contribution in [0, 0.1) is 20.2 Å². The Balaban J connectivity index is 2.91. The molecule has 2 aromatic rings. The predicted octanol–water partition coefficient (Wildman–Crippen LogP) is 0.770. The van der Waals surface area contributed by atoms with E-state index in [9.17, 15) is 0 Å². The van der Waals surface area contributed by atoms with Crippen molar-refractivity contribution in [3.05, 3.63) is 17.8 Å². The second-order valence-corrected chi connectivity index (χ2v) is 2.40. The number of aryl methyl sites for hydroxylation is 2. The number of imidazole rings is 1. The minimum absolute atomic E-state index is 0.690. The largest absolute Gasteiger partial charge is 0.332 e. The van der Waals surface area contributed by atoms with Gasteiger partial charge in [-0.05, 0) is 13.8 Å². The van der Waals surface area contributed by atoms with E-state index in [2.05, 4.69) is 26.3 Å². The summed E-state index contributed by atoms with van der Waals surface area (Å²) in [5, 5.41) is 0. The summed E-state index contributed by atoms with van der Waals surface area (Å²) in [6.45, 7) is 3.77. The summed E-state index contributed by atoms with van der Waals surface area (Å²) in [5.74, 6) is 0.746. The van der Waals surface area contributed by atoms with Gasteiger partial charge >= 0.3 is 0 Å². The standard InChI is InChI=1S/C7H7N4/c1-4-6-7(9-3-8-6)11-5(2)10-4/h1-2H3,(H,8,9,10,11). The molecule has 0 saturated carbocycles. The van der Waals surface area contributed by atoms with E-state index < -0.39 is 0 Å². The third-order valence-electron chi connectivity index (χ3n) is 1.53. The average Bonchev–Trinajstić information content (AvgIpc) is 2.34. The molecule has 0 bridgehead atoms. The van der Waals surface area contributed by atoms with E-state index in [4.69, 9.17) is 0 Å². The number of aromatic amines is 1. The number of aromatic nitrogens is 4. The second-order valence-electron chi connectivity index (χ2n) is 2.40. The van der Waals surface area contributed by atoms with Gasteiger partial charge in [-0.2, -0.15) is 0 Å². The Morgan fingerprint density at radius 2 is 2.09 bits per heavy atom. The molecule has 0 aliphatic carbocycles. The van der Waals surface area contributed by atoms with Crippen molar-refractivity contribution in [3.63, 3.8) is 0 Å². The van der Waals surface area contributed by atoms with Crippen molar-refractivity contribution in [2.24, 2.45) is 0 Å². The Morgan fingerprint density at radius 3 is 2.91 bits per heavy atom. The molecule has 0 spiro atoms. The summed E-state index contributed by atoms with van der Waals surface area (Å²) in [4.78, 5) is 15.0. The van der Waals surface area contributed by atoms with Gasteiger partial charge in [0.1, 0.15) is 11.3 Å². The van der Waals surface area contributed by atoms with Crippen molar-refractivity contribution >= 4 is 11.2 Å². The number of hydrogen-bond acceptors (Lipinski definition) is 3. The SMILES string of the molecule is Cc1nc(C)c2[nH][c]nc2n1. The molecule has 0 amide bonds. The van der Waals surface area contributed by atoms with Gasteiger partial charge in [0.05, 0.1) is 5.69 Å². The van der Waals surface area contributed by atoms with E-state index in [1.165, 1.54) is 0 Å². The first-order chi connectivity index (χ1) is 5.27. The molecule has 1 N–H and O–H groups in total. The summed E-state index contributed by atoms with van der Waals surface area (Å²) in [7, 11) is 0. The number of nitrogens with one attached hydrogen (secondary N) is 1. The third kappa shape index (κ3) is 0.869. The first kappa shape index (κ1) is 6.27. The molecular formula is C7H7N4. The molecule has 0 unspecified atom stereocenters. The Morgan fingerprint density at radius 1 is 1.27 bits per heavy atom. The highest BCUT2D eigenvalue weighted by molar-refractivity contribution is 5.71. The first-order valence-electron chi connectivity index (χ1n) is 3.34. The molecule has 1 radical (unpaired) electrons. The lowest BCUT2D eigenvalue weighted by atomic mass is 10.4. The molecule has 4 heteroatoms. The van der Waals surface area contributed by atoms with Crippen LogP contribution in [0.4, 0.5) is 0 Å². The van der Waals surface area contributed by atoms with Crippen LogP contribution in [-0.2, 0) is 0 Å². The summed E-state index contributed by atoms with van der Waals surface area (Å²) in [6.07, 6.45) is 2.63. The highest BCUT2D eigenvalue weighted by Gasteiger charge is 2.02. The molecule has 11 heavy (non-hydrogen) atoms. The van der Waals surface area contributed by atoms with Gasteiger partial charge in [0.25, 0.3) is 0 Å². The van der Waals surface area contributed by atoms with Crippen molar-refractivity contribution in [2.75, 3.05) is 0 Å². The van der Waals surface area contributed by atoms with E-state index >= 15 is 0 Å². The van der Waals surface area contributed by atoms with Crippen LogP contribution in [0.3, 0.4) is 0 Å². The van der Waals surface area contributed by atoms with Crippen molar-refractivity contribution in [1.29, 1.82) is 0 Å². The monoisotopic (exact) mass is 147 g/mol. The minimum atomic E-state index is 0.690.